The number of rotatable bonds is 5. The molecule has 0 radical (unpaired) electrons. The van der Waals surface area contributed by atoms with Gasteiger partial charge in [0.1, 0.15) is 0 Å². The molecule has 2 rings (SSSR count). The predicted molar refractivity (Wildman–Crippen MR) is 88.3 cm³/mol. The predicted octanol–water partition coefficient (Wildman–Crippen LogP) is 4.57. The summed E-state index contributed by atoms with van der Waals surface area (Å²) < 4.78 is 0. The van der Waals surface area contributed by atoms with Gasteiger partial charge in [0.15, 0.2) is 0 Å². The van der Waals surface area contributed by atoms with E-state index in [1.165, 1.54) is 55.3 Å². The summed E-state index contributed by atoms with van der Waals surface area (Å²) in [6.45, 7) is 11.3. The highest BCUT2D eigenvalue weighted by atomic mass is 14.8. The summed E-state index contributed by atoms with van der Waals surface area (Å²) >= 11 is 0. The largest absolute Gasteiger partial charge is 0.317 e. The fourth-order valence-electron chi connectivity index (χ4n) is 3.95. The first kappa shape index (κ1) is 15.6. The zero-order valence-electron chi connectivity index (χ0n) is 13.8. The zero-order valence-corrected chi connectivity index (χ0v) is 13.8. The van der Waals surface area contributed by atoms with Crippen LogP contribution in [0.15, 0.2) is 12.1 Å². The van der Waals surface area contributed by atoms with Crippen molar-refractivity contribution in [3.63, 3.8) is 0 Å². The zero-order chi connectivity index (χ0) is 14.5. The smallest absolute Gasteiger partial charge is 0.00179 e. The molecule has 1 fully saturated rings. The molecule has 1 aromatic carbocycles. The van der Waals surface area contributed by atoms with Gasteiger partial charge in [-0.1, -0.05) is 37.5 Å². The third-order valence-corrected chi connectivity index (χ3v) is 5.03. The quantitative estimate of drug-likeness (QED) is 0.828. The lowest BCUT2D eigenvalue weighted by Gasteiger charge is -2.32. The number of benzene rings is 1. The summed E-state index contributed by atoms with van der Waals surface area (Å²) in [5, 5.41) is 3.57. The molecule has 1 aromatic rings. The maximum Gasteiger partial charge on any atom is -0.00179 e. The van der Waals surface area contributed by atoms with E-state index in [2.05, 4.69) is 45.1 Å². The van der Waals surface area contributed by atoms with Gasteiger partial charge in [-0.05, 0) is 81.6 Å². The Hall–Kier alpha value is -0.820. The third kappa shape index (κ3) is 3.85. The van der Waals surface area contributed by atoms with Crippen LogP contribution in [0.4, 0.5) is 0 Å². The summed E-state index contributed by atoms with van der Waals surface area (Å²) in [4.78, 5) is 0. The van der Waals surface area contributed by atoms with Gasteiger partial charge in [0.05, 0.1) is 0 Å². The van der Waals surface area contributed by atoms with Crippen LogP contribution in [0.2, 0.25) is 0 Å². The van der Waals surface area contributed by atoms with Crippen molar-refractivity contribution < 1.29 is 0 Å². The monoisotopic (exact) mass is 273 g/mol. The highest BCUT2D eigenvalue weighted by Gasteiger charge is 2.25. The van der Waals surface area contributed by atoms with Crippen LogP contribution in [0.25, 0.3) is 0 Å². The van der Waals surface area contributed by atoms with Gasteiger partial charge in [0.2, 0.25) is 0 Å². The second-order valence-electron chi connectivity index (χ2n) is 6.69. The molecule has 0 spiro atoms. The molecule has 112 valence electrons. The SMILES string of the molecule is CCNCC1CCCCC1Cc1c(C)cc(C)cc1C. The van der Waals surface area contributed by atoms with Crippen molar-refractivity contribution in [2.75, 3.05) is 13.1 Å². The average molecular weight is 273 g/mol. The maximum absolute atomic E-state index is 3.57. The fourth-order valence-corrected chi connectivity index (χ4v) is 3.95. The van der Waals surface area contributed by atoms with Crippen LogP contribution in [-0.2, 0) is 6.42 Å². The highest BCUT2D eigenvalue weighted by molar-refractivity contribution is 5.37. The molecule has 2 atom stereocenters. The standard InChI is InChI=1S/C19H31N/c1-5-20-13-18-9-7-6-8-17(18)12-19-15(3)10-14(2)11-16(19)4/h10-11,17-18,20H,5-9,12-13H2,1-4H3. The normalized spacial score (nSPS) is 23.0. The topological polar surface area (TPSA) is 12.0 Å². The number of hydrogen-bond acceptors (Lipinski definition) is 1. The lowest BCUT2D eigenvalue weighted by Crippen LogP contribution is -2.31. The Morgan fingerprint density at radius 3 is 2.20 bits per heavy atom. The van der Waals surface area contributed by atoms with Gasteiger partial charge in [-0.15, -0.1) is 0 Å². The molecule has 0 bridgehead atoms. The molecular weight excluding hydrogens is 242 g/mol. The van der Waals surface area contributed by atoms with Gasteiger partial charge >= 0.3 is 0 Å². The molecular formula is C19H31N. The van der Waals surface area contributed by atoms with Gasteiger partial charge in [-0.3, -0.25) is 0 Å². The Labute approximate surface area is 125 Å². The summed E-state index contributed by atoms with van der Waals surface area (Å²) in [7, 11) is 0. The van der Waals surface area contributed by atoms with Crippen molar-refractivity contribution in [1.82, 2.24) is 5.32 Å². The van der Waals surface area contributed by atoms with Gasteiger partial charge in [-0.25, -0.2) is 0 Å². The molecule has 0 amide bonds. The van der Waals surface area contributed by atoms with E-state index in [-0.39, 0.29) is 0 Å². The molecule has 20 heavy (non-hydrogen) atoms. The first-order valence-corrected chi connectivity index (χ1v) is 8.39. The second-order valence-corrected chi connectivity index (χ2v) is 6.69. The van der Waals surface area contributed by atoms with Crippen LogP contribution in [0.1, 0.15) is 54.9 Å². The first-order chi connectivity index (χ1) is 9.61. The van der Waals surface area contributed by atoms with E-state index in [1.807, 2.05) is 0 Å². The molecule has 0 aliphatic heterocycles. The van der Waals surface area contributed by atoms with Crippen LogP contribution >= 0.6 is 0 Å². The van der Waals surface area contributed by atoms with Crippen molar-refractivity contribution >= 4 is 0 Å². The van der Waals surface area contributed by atoms with Crippen LogP contribution in [0.5, 0.6) is 0 Å². The molecule has 0 saturated heterocycles. The van der Waals surface area contributed by atoms with E-state index >= 15 is 0 Å². The molecule has 2 unspecified atom stereocenters. The van der Waals surface area contributed by atoms with Gasteiger partial charge in [0, 0.05) is 0 Å². The third-order valence-electron chi connectivity index (χ3n) is 5.03. The van der Waals surface area contributed by atoms with Crippen molar-refractivity contribution in [3.05, 3.63) is 34.4 Å². The molecule has 1 N–H and O–H groups in total. The van der Waals surface area contributed by atoms with E-state index in [4.69, 9.17) is 0 Å². The maximum atomic E-state index is 3.57. The van der Waals surface area contributed by atoms with E-state index in [0.717, 1.165) is 18.4 Å². The van der Waals surface area contributed by atoms with Crippen LogP contribution in [-0.4, -0.2) is 13.1 Å². The Bertz CT molecular complexity index is 412. The van der Waals surface area contributed by atoms with E-state index in [1.54, 1.807) is 5.56 Å². The van der Waals surface area contributed by atoms with Crippen molar-refractivity contribution in [2.24, 2.45) is 11.8 Å². The molecule has 1 saturated carbocycles. The average Bonchev–Trinajstić information content (AvgIpc) is 2.41. The van der Waals surface area contributed by atoms with Gasteiger partial charge < -0.3 is 5.32 Å². The summed E-state index contributed by atoms with van der Waals surface area (Å²) in [6, 6.07) is 4.70. The van der Waals surface area contributed by atoms with E-state index in [9.17, 15) is 0 Å². The van der Waals surface area contributed by atoms with Crippen LogP contribution in [0.3, 0.4) is 0 Å². The molecule has 1 aliphatic rings. The minimum atomic E-state index is 0.878. The summed E-state index contributed by atoms with van der Waals surface area (Å²) in [6.07, 6.45) is 6.98. The van der Waals surface area contributed by atoms with E-state index in [0.29, 0.717) is 0 Å². The van der Waals surface area contributed by atoms with Gasteiger partial charge in [-0.2, -0.15) is 0 Å². The Kier molecular flexibility index (Phi) is 5.65. The lowest BCUT2D eigenvalue weighted by atomic mass is 9.75. The number of nitrogens with one attached hydrogen (secondary N) is 1. The Morgan fingerprint density at radius 2 is 1.60 bits per heavy atom. The summed E-state index contributed by atoms with van der Waals surface area (Å²) in [5.41, 5.74) is 6.01. The Morgan fingerprint density at radius 1 is 1.00 bits per heavy atom. The van der Waals surface area contributed by atoms with Crippen molar-refractivity contribution in [3.8, 4) is 0 Å². The minimum absolute atomic E-state index is 0.878. The number of aryl methyl sites for hydroxylation is 3. The van der Waals surface area contributed by atoms with Crippen molar-refractivity contribution in [1.29, 1.82) is 0 Å². The van der Waals surface area contributed by atoms with Crippen LogP contribution in [0, 0.1) is 32.6 Å². The van der Waals surface area contributed by atoms with Crippen LogP contribution < -0.4 is 5.32 Å². The molecule has 1 aliphatic carbocycles. The van der Waals surface area contributed by atoms with E-state index < -0.39 is 0 Å². The van der Waals surface area contributed by atoms with Crippen molar-refractivity contribution in [2.45, 2.75) is 59.8 Å². The minimum Gasteiger partial charge on any atom is -0.317 e. The molecule has 1 nitrogen and oxygen atoms in total. The molecule has 0 heterocycles. The first-order valence-electron chi connectivity index (χ1n) is 8.39. The Balaban J connectivity index is 2.10. The highest BCUT2D eigenvalue weighted by Crippen LogP contribution is 2.33. The second kappa shape index (κ2) is 7.26. The fraction of sp³-hybridized carbons (Fsp3) is 0.684. The molecule has 1 heteroatoms. The van der Waals surface area contributed by atoms with Gasteiger partial charge in [0.25, 0.3) is 0 Å². The summed E-state index contributed by atoms with van der Waals surface area (Å²) in [5.74, 6) is 1.76. The lowest BCUT2D eigenvalue weighted by molar-refractivity contribution is 0.229. The molecule has 0 aromatic heterocycles. The number of hydrogen-bond donors (Lipinski definition) is 1.